The van der Waals surface area contributed by atoms with E-state index >= 15 is 0 Å². The molecular weight excluding hydrogens is 462 g/mol. The molecule has 0 aliphatic carbocycles. The molecule has 2 heterocycles. The van der Waals surface area contributed by atoms with E-state index in [-0.39, 0.29) is 11.8 Å². The molecule has 1 fully saturated rings. The average Bonchev–Trinajstić information content (AvgIpc) is 3.33. The first-order valence-electron chi connectivity index (χ1n) is 12.3. The van der Waals surface area contributed by atoms with Crippen LogP contribution in [0, 0.1) is 0 Å². The topological polar surface area (TPSA) is 93.3 Å². The van der Waals surface area contributed by atoms with Crippen molar-refractivity contribution in [2.24, 2.45) is 0 Å². The van der Waals surface area contributed by atoms with Crippen molar-refractivity contribution in [1.82, 2.24) is 14.8 Å². The smallest absolute Gasteiger partial charge is 0.270 e. The van der Waals surface area contributed by atoms with E-state index in [4.69, 9.17) is 18.9 Å². The number of benzene rings is 2. The van der Waals surface area contributed by atoms with Crippen molar-refractivity contribution < 1.29 is 28.5 Å². The van der Waals surface area contributed by atoms with Crippen LogP contribution in [0.1, 0.15) is 41.6 Å². The Morgan fingerprint density at radius 3 is 1.94 bits per heavy atom. The Kier molecular flexibility index (Phi) is 7.87. The number of methoxy groups -OCH3 is 1. The lowest BCUT2D eigenvalue weighted by molar-refractivity contribution is 0.0532. The Bertz CT molecular complexity index is 1200. The van der Waals surface area contributed by atoms with Crippen molar-refractivity contribution in [2.45, 2.75) is 20.8 Å². The second-order valence-corrected chi connectivity index (χ2v) is 8.32. The molecule has 192 valence electrons. The average molecular weight is 496 g/mol. The lowest BCUT2D eigenvalue weighted by Gasteiger charge is -2.34. The molecule has 0 spiro atoms. The largest absolute Gasteiger partial charge is 0.497 e. The summed E-state index contributed by atoms with van der Waals surface area (Å²) in [5.41, 5.74) is 1.86. The van der Waals surface area contributed by atoms with Crippen LogP contribution >= 0.6 is 0 Å². The van der Waals surface area contributed by atoms with E-state index in [1.54, 1.807) is 29.0 Å². The van der Waals surface area contributed by atoms with Crippen LogP contribution in [0.15, 0.2) is 36.4 Å². The number of aromatic amines is 1. The number of hydrogen-bond donors (Lipinski definition) is 1. The van der Waals surface area contributed by atoms with Crippen LogP contribution in [-0.2, 0) is 0 Å². The molecule has 2 amide bonds. The highest BCUT2D eigenvalue weighted by Gasteiger charge is 2.28. The predicted octanol–water partition coefficient (Wildman–Crippen LogP) is 3.97. The number of hydrogen-bond acceptors (Lipinski definition) is 6. The maximum absolute atomic E-state index is 13.4. The molecule has 0 saturated carbocycles. The van der Waals surface area contributed by atoms with E-state index in [0.717, 1.165) is 16.7 Å². The molecule has 9 heteroatoms. The zero-order valence-corrected chi connectivity index (χ0v) is 21.3. The highest BCUT2D eigenvalue weighted by molar-refractivity contribution is 5.99. The number of fused-ring (bicyclic) bond motifs is 1. The van der Waals surface area contributed by atoms with Gasteiger partial charge in [0.2, 0.25) is 5.75 Å². The van der Waals surface area contributed by atoms with Crippen LogP contribution in [0.2, 0.25) is 0 Å². The van der Waals surface area contributed by atoms with Crippen LogP contribution in [0.25, 0.3) is 10.9 Å². The standard InChI is InChI=1S/C27H33N3O6/c1-5-34-23-16-19(17-24(35-6-2)25(23)36-7-3)26(31)29-10-12-30(13-11-29)27(32)22-15-18-14-20(33-4)8-9-21(18)28-22/h8-9,14-17,28H,5-7,10-13H2,1-4H3. The normalized spacial score (nSPS) is 13.6. The molecule has 4 rings (SSSR count). The second kappa shape index (κ2) is 11.2. The van der Waals surface area contributed by atoms with E-state index in [1.807, 2.05) is 45.0 Å². The van der Waals surface area contributed by atoms with Gasteiger partial charge in [0.1, 0.15) is 11.4 Å². The van der Waals surface area contributed by atoms with Crippen LogP contribution in [0.3, 0.4) is 0 Å². The summed E-state index contributed by atoms with van der Waals surface area (Å²) < 4.78 is 22.5. The summed E-state index contributed by atoms with van der Waals surface area (Å²) in [6, 6.07) is 10.9. The van der Waals surface area contributed by atoms with E-state index in [9.17, 15) is 9.59 Å². The molecule has 0 unspecified atom stereocenters. The third-order valence-corrected chi connectivity index (χ3v) is 6.07. The van der Waals surface area contributed by atoms with Gasteiger partial charge in [0.15, 0.2) is 11.5 Å². The molecule has 0 atom stereocenters. The van der Waals surface area contributed by atoms with Crippen molar-refractivity contribution in [3.8, 4) is 23.0 Å². The summed E-state index contributed by atoms with van der Waals surface area (Å²) in [5.74, 6) is 1.99. The number of carbonyl (C=O) groups is 2. The first-order valence-corrected chi connectivity index (χ1v) is 12.3. The van der Waals surface area contributed by atoms with Crippen molar-refractivity contribution in [3.63, 3.8) is 0 Å². The van der Waals surface area contributed by atoms with Crippen LogP contribution in [0.4, 0.5) is 0 Å². The number of H-pyrrole nitrogens is 1. The van der Waals surface area contributed by atoms with Gasteiger partial charge in [0.25, 0.3) is 11.8 Å². The molecule has 36 heavy (non-hydrogen) atoms. The van der Waals surface area contributed by atoms with Gasteiger partial charge in [-0.15, -0.1) is 0 Å². The van der Waals surface area contributed by atoms with Gasteiger partial charge in [-0.2, -0.15) is 0 Å². The second-order valence-electron chi connectivity index (χ2n) is 8.32. The zero-order valence-electron chi connectivity index (χ0n) is 21.3. The molecule has 0 radical (unpaired) electrons. The molecule has 3 aromatic rings. The Labute approximate surface area is 210 Å². The number of nitrogens with one attached hydrogen (secondary N) is 1. The molecule has 0 bridgehead atoms. The van der Waals surface area contributed by atoms with E-state index in [0.29, 0.717) is 74.5 Å². The predicted molar refractivity (Wildman–Crippen MR) is 137 cm³/mol. The Morgan fingerprint density at radius 1 is 0.806 bits per heavy atom. The number of piperazine rings is 1. The summed E-state index contributed by atoms with van der Waals surface area (Å²) >= 11 is 0. The minimum absolute atomic E-state index is 0.0874. The van der Waals surface area contributed by atoms with Gasteiger partial charge in [0, 0.05) is 42.6 Å². The number of ether oxygens (including phenoxy) is 4. The Hall–Kier alpha value is -3.88. The van der Waals surface area contributed by atoms with E-state index < -0.39 is 0 Å². The SMILES string of the molecule is CCOc1cc(C(=O)N2CCN(C(=O)c3cc4cc(OC)ccc4[nH]3)CC2)cc(OCC)c1OCC. The zero-order chi connectivity index (χ0) is 25.7. The molecule has 9 nitrogen and oxygen atoms in total. The molecular formula is C27H33N3O6. The van der Waals surface area contributed by atoms with Gasteiger partial charge in [-0.25, -0.2) is 0 Å². The molecule has 2 aromatic carbocycles. The van der Waals surface area contributed by atoms with Gasteiger partial charge in [-0.1, -0.05) is 0 Å². The fraction of sp³-hybridized carbons (Fsp3) is 0.407. The maximum Gasteiger partial charge on any atom is 0.270 e. The van der Waals surface area contributed by atoms with Gasteiger partial charge < -0.3 is 33.7 Å². The van der Waals surface area contributed by atoms with Gasteiger partial charge in [-0.3, -0.25) is 9.59 Å². The highest BCUT2D eigenvalue weighted by atomic mass is 16.5. The summed E-state index contributed by atoms with van der Waals surface area (Å²) in [6.45, 7) is 8.71. The summed E-state index contributed by atoms with van der Waals surface area (Å²) in [6.07, 6.45) is 0. The van der Waals surface area contributed by atoms with Gasteiger partial charge in [-0.05, 0) is 57.2 Å². The minimum Gasteiger partial charge on any atom is -0.497 e. The highest BCUT2D eigenvalue weighted by Crippen LogP contribution is 2.39. The van der Waals surface area contributed by atoms with Crippen molar-refractivity contribution >= 4 is 22.7 Å². The quantitative estimate of drug-likeness (QED) is 0.483. The summed E-state index contributed by atoms with van der Waals surface area (Å²) in [4.78, 5) is 33.2. The number of rotatable bonds is 9. The molecule has 1 N–H and O–H groups in total. The number of aromatic nitrogens is 1. The fourth-order valence-electron chi connectivity index (χ4n) is 4.33. The number of amides is 2. The third kappa shape index (κ3) is 5.19. The Morgan fingerprint density at radius 2 is 1.39 bits per heavy atom. The summed E-state index contributed by atoms with van der Waals surface area (Å²) in [7, 11) is 1.61. The summed E-state index contributed by atoms with van der Waals surface area (Å²) in [5, 5.41) is 0.914. The van der Waals surface area contributed by atoms with Crippen molar-refractivity contribution in [2.75, 3.05) is 53.1 Å². The molecule has 1 aliphatic rings. The monoisotopic (exact) mass is 495 g/mol. The van der Waals surface area contributed by atoms with Crippen molar-refractivity contribution in [3.05, 3.63) is 47.7 Å². The van der Waals surface area contributed by atoms with Crippen molar-refractivity contribution in [1.29, 1.82) is 0 Å². The molecule has 1 aromatic heterocycles. The fourth-order valence-corrected chi connectivity index (χ4v) is 4.33. The number of carbonyl (C=O) groups excluding carboxylic acids is 2. The minimum atomic E-state index is -0.134. The van der Waals surface area contributed by atoms with Gasteiger partial charge >= 0.3 is 0 Å². The van der Waals surface area contributed by atoms with E-state index in [2.05, 4.69) is 4.98 Å². The first-order chi connectivity index (χ1) is 17.5. The maximum atomic E-state index is 13.4. The third-order valence-electron chi connectivity index (χ3n) is 6.07. The van der Waals surface area contributed by atoms with Crippen LogP contribution < -0.4 is 18.9 Å². The van der Waals surface area contributed by atoms with Gasteiger partial charge in [0.05, 0.1) is 26.9 Å². The Balaban J connectivity index is 1.47. The first kappa shape index (κ1) is 25.2. The number of nitrogens with zero attached hydrogens (tertiary/aromatic N) is 2. The molecule has 1 aliphatic heterocycles. The lowest BCUT2D eigenvalue weighted by Crippen LogP contribution is -2.50. The van der Waals surface area contributed by atoms with E-state index in [1.165, 1.54) is 0 Å². The van der Waals surface area contributed by atoms with Crippen LogP contribution in [0.5, 0.6) is 23.0 Å². The molecule has 1 saturated heterocycles. The lowest BCUT2D eigenvalue weighted by atomic mass is 10.1. The van der Waals surface area contributed by atoms with Crippen LogP contribution in [-0.4, -0.2) is 79.7 Å².